The molecule has 1 unspecified atom stereocenters. The van der Waals surface area contributed by atoms with Gasteiger partial charge in [0.05, 0.1) is 26.7 Å². The molecule has 0 saturated heterocycles. The topological polar surface area (TPSA) is 71.1 Å². The average molecular weight is 272 g/mol. The van der Waals surface area contributed by atoms with Crippen LogP contribution in [-0.2, 0) is 28.5 Å². The molecule has 0 spiro atoms. The highest BCUT2D eigenvalue weighted by Crippen LogP contribution is 2.42. The molecular weight excluding hydrogens is 252 g/mol. The van der Waals surface area contributed by atoms with E-state index >= 15 is 0 Å². The van der Waals surface area contributed by atoms with E-state index < -0.39 is 11.6 Å². The van der Waals surface area contributed by atoms with Crippen molar-refractivity contribution in [1.29, 1.82) is 0 Å². The summed E-state index contributed by atoms with van der Waals surface area (Å²) in [6.07, 6.45) is -0.206. The maximum absolute atomic E-state index is 12.2. The van der Waals surface area contributed by atoms with Crippen LogP contribution in [0.15, 0.2) is 11.5 Å². The Labute approximate surface area is 112 Å². The zero-order chi connectivity index (χ0) is 14.5. The molecular formula is C13H20O6. The third-order valence-electron chi connectivity index (χ3n) is 2.74. The number of carbonyl (C=O) groups excluding carboxylic acids is 2. The van der Waals surface area contributed by atoms with E-state index in [9.17, 15) is 9.59 Å². The van der Waals surface area contributed by atoms with Crippen molar-refractivity contribution in [1.82, 2.24) is 0 Å². The number of rotatable bonds is 8. The molecule has 6 nitrogen and oxygen atoms in total. The summed E-state index contributed by atoms with van der Waals surface area (Å²) < 4.78 is 20.8. The highest BCUT2D eigenvalue weighted by Gasteiger charge is 2.60. The third kappa shape index (κ3) is 2.73. The number of carbonyl (C=O) groups is 2. The second-order valence-corrected chi connectivity index (χ2v) is 3.87. The Hall–Kier alpha value is -1.56. The Morgan fingerprint density at radius 2 is 1.74 bits per heavy atom. The van der Waals surface area contributed by atoms with E-state index in [1.165, 1.54) is 7.11 Å². The van der Waals surface area contributed by atoms with Crippen LogP contribution in [0, 0.1) is 0 Å². The molecule has 19 heavy (non-hydrogen) atoms. The van der Waals surface area contributed by atoms with Gasteiger partial charge >= 0.3 is 5.97 Å². The van der Waals surface area contributed by atoms with E-state index in [0.29, 0.717) is 13.2 Å². The Morgan fingerprint density at radius 1 is 1.11 bits per heavy atom. The van der Waals surface area contributed by atoms with E-state index in [1.807, 2.05) is 0 Å². The first-order valence-corrected chi connectivity index (χ1v) is 6.33. The Kier molecular flexibility index (Phi) is 5.35. The van der Waals surface area contributed by atoms with E-state index in [1.54, 1.807) is 20.8 Å². The first-order valence-electron chi connectivity index (χ1n) is 6.33. The largest absolute Gasteiger partial charge is 0.491 e. The number of methoxy groups -OCH3 is 1. The number of hydrogen-bond acceptors (Lipinski definition) is 6. The van der Waals surface area contributed by atoms with Crippen molar-refractivity contribution in [3.05, 3.63) is 11.5 Å². The van der Waals surface area contributed by atoms with Crippen LogP contribution in [0.1, 0.15) is 27.2 Å². The van der Waals surface area contributed by atoms with Gasteiger partial charge in [-0.15, -0.1) is 0 Å². The van der Waals surface area contributed by atoms with Crippen LogP contribution in [0.4, 0.5) is 0 Å². The van der Waals surface area contributed by atoms with Crippen molar-refractivity contribution < 1.29 is 28.5 Å². The lowest BCUT2D eigenvalue weighted by Crippen LogP contribution is -2.56. The lowest BCUT2D eigenvalue weighted by molar-refractivity contribution is -0.166. The minimum Gasteiger partial charge on any atom is -0.491 e. The summed E-state index contributed by atoms with van der Waals surface area (Å²) in [4.78, 5) is 23.7. The summed E-state index contributed by atoms with van der Waals surface area (Å²) in [5.41, 5.74) is -1.39. The SMILES string of the molecule is CCOC1=C(OCC)C(CC(=O)OC)(OCC)C1=O. The molecule has 0 aromatic carbocycles. The molecule has 1 atom stereocenters. The van der Waals surface area contributed by atoms with Gasteiger partial charge in [-0.25, -0.2) is 0 Å². The lowest BCUT2D eigenvalue weighted by atomic mass is 9.79. The standard InChI is InChI=1S/C13H20O6/c1-5-17-10-11(15)13(19-7-3,8-9(14)16-4)12(10)18-6-2/h5-8H2,1-4H3. The fourth-order valence-corrected chi connectivity index (χ4v) is 1.98. The average Bonchev–Trinajstić information content (AvgIpc) is 2.42. The normalized spacial score (nSPS) is 22.0. The second-order valence-electron chi connectivity index (χ2n) is 3.87. The summed E-state index contributed by atoms with van der Waals surface area (Å²) in [6.45, 7) is 6.28. The predicted octanol–water partition coefficient (Wildman–Crippen LogP) is 1.19. The molecule has 0 heterocycles. The van der Waals surface area contributed by atoms with E-state index in [4.69, 9.17) is 14.2 Å². The summed E-state index contributed by atoms with van der Waals surface area (Å²) in [6, 6.07) is 0. The summed E-state index contributed by atoms with van der Waals surface area (Å²) in [5, 5.41) is 0. The van der Waals surface area contributed by atoms with Crippen LogP contribution in [0.25, 0.3) is 0 Å². The molecule has 1 aliphatic rings. The Morgan fingerprint density at radius 3 is 2.21 bits per heavy atom. The molecule has 0 amide bonds. The maximum Gasteiger partial charge on any atom is 0.309 e. The van der Waals surface area contributed by atoms with Crippen molar-refractivity contribution in [3.8, 4) is 0 Å². The van der Waals surface area contributed by atoms with Gasteiger partial charge in [-0.3, -0.25) is 9.59 Å². The van der Waals surface area contributed by atoms with Gasteiger partial charge in [-0.05, 0) is 20.8 Å². The van der Waals surface area contributed by atoms with Gasteiger partial charge in [-0.1, -0.05) is 0 Å². The number of hydrogen-bond donors (Lipinski definition) is 0. The van der Waals surface area contributed by atoms with E-state index in [0.717, 1.165) is 0 Å². The fourth-order valence-electron chi connectivity index (χ4n) is 1.98. The van der Waals surface area contributed by atoms with Gasteiger partial charge in [0.2, 0.25) is 17.1 Å². The zero-order valence-electron chi connectivity index (χ0n) is 11.8. The van der Waals surface area contributed by atoms with Crippen molar-refractivity contribution in [2.75, 3.05) is 26.9 Å². The molecule has 0 N–H and O–H groups in total. The zero-order valence-corrected chi connectivity index (χ0v) is 11.8. The van der Waals surface area contributed by atoms with Crippen molar-refractivity contribution >= 4 is 11.8 Å². The van der Waals surface area contributed by atoms with E-state index in [2.05, 4.69) is 4.74 Å². The molecule has 0 bridgehead atoms. The van der Waals surface area contributed by atoms with Gasteiger partial charge in [0.25, 0.3) is 0 Å². The van der Waals surface area contributed by atoms with Crippen molar-refractivity contribution in [2.45, 2.75) is 32.8 Å². The molecule has 0 fully saturated rings. The van der Waals surface area contributed by atoms with Gasteiger partial charge in [0.15, 0.2) is 5.76 Å². The minimum atomic E-state index is -1.39. The molecule has 0 aromatic rings. The molecule has 108 valence electrons. The number of esters is 1. The molecule has 0 aromatic heterocycles. The first kappa shape index (κ1) is 15.5. The van der Waals surface area contributed by atoms with Gasteiger partial charge < -0.3 is 18.9 Å². The van der Waals surface area contributed by atoms with Crippen LogP contribution in [-0.4, -0.2) is 44.3 Å². The molecule has 1 rings (SSSR count). The number of ether oxygens (including phenoxy) is 4. The quantitative estimate of drug-likeness (QED) is 0.618. The number of Topliss-reactive ketones (excluding diaryl/α,β-unsaturated/α-hetero) is 1. The predicted molar refractivity (Wildman–Crippen MR) is 66.3 cm³/mol. The molecule has 0 radical (unpaired) electrons. The summed E-state index contributed by atoms with van der Waals surface area (Å²) >= 11 is 0. The van der Waals surface area contributed by atoms with Gasteiger partial charge in [-0.2, -0.15) is 0 Å². The van der Waals surface area contributed by atoms with Crippen molar-refractivity contribution in [2.24, 2.45) is 0 Å². The Balaban J connectivity index is 3.09. The van der Waals surface area contributed by atoms with Crippen molar-refractivity contribution in [3.63, 3.8) is 0 Å². The lowest BCUT2D eigenvalue weighted by Gasteiger charge is -2.40. The monoisotopic (exact) mass is 272 g/mol. The second kappa shape index (κ2) is 6.56. The molecule has 0 saturated carbocycles. The van der Waals surface area contributed by atoms with Crippen LogP contribution < -0.4 is 0 Å². The third-order valence-corrected chi connectivity index (χ3v) is 2.74. The molecule has 6 heteroatoms. The fraction of sp³-hybridized carbons (Fsp3) is 0.692. The van der Waals surface area contributed by atoms with Crippen LogP contribution in [0.2, 0.25) is 0 Å². The summed E-state index contributed by atoms with van der Waals surface area (Å²) in [5.74, 6) is -0.476. The molecule has 0 aliphatic heterocycles. The van der Waals surface area contributed by atoms with Crippen LogP contribution in [0.5, 0.6) is 0 Å². The highest BCUT2D eigenvalue weighted by atomic mass is 16.6. The maximum atomic E-state index is 12.2. The molecule has 1 aliphatic carbocycles. The number of ketones is 1. The smallest absolute Gasteiger partial charge is 0.309 e. The van der Waals surface area contributed by atoms with E-state index in [-0.39, 0.29) is 30.3 Å². The highest BCUT2D eigenvalue weighted by molar-refractivity contribution is 6.12. The van der Waals surface area contributed by atoms with Crippen LogP contribution in [0.3, 0.4) is 0 Å². The van der Waals surface area contributed by atoms with Gasteiger partial charge in [0, 0.05) is 6.61 Å². The Bertz CT molecular complexity index is 387. The van der Waals surface area contributed by atoms with Gasteiger partial charge in [0.1, 0.15) is 0 Å². The first-order chi connectivity index (χ1) is 9.07. The summed E-state index contributed by atoms with van der Waals surface area (Å²) in [7, 11) is 1.26. The van der Waals surface area contributed by atoms with Crippen LogP contribution >= 0.6 is 0 Å². The minimum absolute atomic E-state index is 0.140.